The molecule has 0 aliphatic carbocycles. The lowest BCUT2D eigenvalue weighted by Crippen LogP contribution is -2.24. The number of nitrogens with one attached hydrogen (secondary N) is 1. The van der Waals surface area contributed by atoms with Crippen molar-refractivity contribution in [3.8, 4) is 17.2 Å². The van der Waals surface area contributed by atoms with Gasteiger partial charge in [-0.05, 0) is 42.2 Å². The van der Waals surface area contributed by atoms with Crippen LogP contribution in [-0.4, -0.2) is 30.9 Å². The smallest absolute Gasteiger partial charge is 0.277 e. The molecule has 1 atom stereocenters. The van der Waals surface area contributed by atoms with Crippen LogP contribution < -0.4 is 14.9 Å². The van der Waals surface area contributed by atoms with E-state index in [2.05, 4.69) is 40.3 Å². The Hall–Kier alpha value is -2.54. The molecular weight excluding hydrogens is 412 g/mol. The fourth-order valence-corrected chi connectivity index (χ4v) is 2.79. The molecule has 2 rings (SSSR count). The lowest BCUT2D eigenvalue weighted by atomic mass is 9.99. The van der Waals surface area contributed by atoms with E-state index in [0.29, 0.717) is 27.5 Å². The number of carbonyl (C=O) groups is 1. The Morgan fingerprint density at radius 3 is 2.67 bits per heavy atom. The third kappa shape index (κ3) is 5.99. The molecule has 1 unspecified atom stereocenters. The minimum atomic E-state index is -0.404. The largest absolute Gasteiger partial charge is 0.504 e. The van der Waals surface area contributed by atoms with Crippen molar-refractivity contribution in [2.75, 3.05) is 13.7 Å². The quantitative estimate of drug-likeness (QED) is 0.481. The van der Waals surface area contributed by atoms with Crippen LogP contribution in [0.3, 0.4) is 0 Å². The maximum atomic E-state index is 11.9. The molecule has 0 saturated heterocycles. The predicted octanol–water partition coefficient (Wildman–Crippen LogP) is 4.21. The molecule has 0 aliphatic rings. The van der Waals surface area contributed by atoms with E-state index in [4.69, 9.17) is 9.47 Å². The number of hydrazone groups is 1. The number of aromatic hydroxyl groups is 1. The van der Waals surface area contributed by atoms with Crippen LogP contribution in [0.4, 0.5) is 0 Å². The number of methoxy groups -OCH3 is 1. The molecule has 144 valence electrons. The summed E-state index contributed by atoms with van der Waals surface area (Å²) in [5.74, 6) is 0.955. The molecule has 2 aromatic rings. The van der Waals surface area contributed by atoms with E-state index in [0.717, 1.165) is 6.42 Å². The number of amides is 1. The SMILES string of the molecule is CCC(C)c1ccc(OCC(=O)N/N=C/c2cc(Br)cc(OC)c2O)cc1. The second kappa shape index (κ2) is 9.97. The van der Waals surface area contributed by atoms with Gasteiger partial charge < -0.3 is 14.6 Å². The Bertz CT molecular complexity index is 806. The molecule has 0 bridgehead atoms. The van der Waals surface area contributed by atoms with Gasteiger partial charge in [-0.25, -0.2) is 5.43 Å². The molecule has 0 aliphatic heterocycles. The average Bonchev–Trinajstić information content (AvgIpc) is 2.68. The number of nitrogens with zero attached hydrogens (tertiary/aromatic N) is 1. The molecule has 0 saturated carbocycles. The van der Waals surface area contributed by atoms with Crippen LogP contribution in [-0.2, 0) is 4.79 Å². The number of phenols is 1. The Morgan fingerprint density at radius 1 is 1.33 bits per heavy atom. The van der Waals surface area contributed by atoms with Crippen LogP contribution >= 0.6 is 15.9 Å². The molecule has 7 heteroatoms. The monoisotopic (exact) mass is 434 g/mol. The Kier molecular flexibility index (Phi) is 7.67. The van der Waals surface area contributed by atoms with E-state index in [-0.39, 0.29) is 12.4 Å². The van der Waals surface area contributed by atoms with Crippen molar-refractivity contribution in [1.82, 2.24) is 5.43 Å². The molecule has 0 aromatic heterocycles. The molecule has 0 spiro atoms. The summed E-state index contributed by atoms with van der Waals surface area (Å²) in [6.45, 7) is 4.15. The van der Waals surface area contributed by atoms with E-state index in [1.165, 1.54) is 18.9 Å². The normalized spacial score (nSPS) is 12.0. The topological polar surface area (TPSA) is 80.2 Å². The van der Waals surface area contributed by atoms with Gasteiger partial charge in [0.15, 0.2) is 18.1 Å². The van der Waals surface area contributed by atoms with Crippen molar-refractivity contribution < 1.29 is 19.4 Å². The Labute approximate surface area is 167 Å². The van der Waals surface area contributed by atoms with Crippen molar-refractivity contribution in [2.45, 2.75) is 26.2 Å². The van der Waals surface area contributed by atoms with E-state index < -0.39 is 5.91 Å². The van der Waals surface area contributed by atoms with Crippen molar-refractivity contribution in [3.63, 3.8) is 0 Å². The predicted molar refractivity (Wildman–Crippen MR) is 109 cm³/mol. The summed E-state index contributed by atoms with van der Waals surface area (Å²) >= 11 is 3.32. The van der Waals surface area contributed by atoms with Gasteiger partial charge in [-0.2, -0.15) is 5.10 Å². The molecule has 2 aromatic carbocycles. The first-order chi connectivity index (χ1) is 12.9. The zero-order valence-electron chi connectivity index (χ0n) is 15.5. The number of rotatable bonds is 8. The summed E-state index contributed by atoms with van der Waals surface area (Å²) in [4.78, 5) is 11.9. The lowest BCUT2D eigenvalue weighted by Gasteiger charge is -2.10. The Balaban J connectivity index is 1.88. The summed E-state index contributed by atoms with van der Waals surface area (Å²) in [5.41, 5.74) is 4.01. The van der Waals surface area contributed by atoms with Crippen molar-refractivity contribution >= 4 is 28.1 Å². The van der Waals surface area contributed by atoms with Crippen LogP contribution in [0.1, 0.15) is 37.3 Å². The number of hydrogen-bond acceptors (Lipinski definition) is 5. The van der Waals surface area contributed by atoms with Crippen LogP contribution in [0, 0.1) is 0 Å². The first kappa shape index (κ1) is 20.8. The zero-order valence-corrected chi connectivity index (χ0v) is 17.1. The van der Waals surface area contributed by atoms with Gasteiger partial charge in [0.05, 0.1) is 13.3 Å². The summed E-state index contributed by atoms with van der Waals surface area (Å²) in [6, 6.07) is 11.0. The first-order valence-electron chi connectivity index (χ1n) is 8.55. The molecule has 27 heavy (non-hydrogen) atoms. The number of hydrogen-bond donors (Lipinski definition) is 2. The molecular formula is C20H23BrN2O4. The molecule has 2 N–H and O–H groups in total. The number of halogens is 1. The second-order valence-electron chi connectivity index (χ2n) is 6.01. The molecule has 0 radical (unpaired) electrons. The standard InChI is InChI=1S/C20H23BrN2O4/c1-4-13(2)14-5-7-17(8-6-14)27-12-19(24)23-22-11-15-9-16(21)10-18(26-3)20(15)25/h5-11,13,25H,4,12H2,1-3H3,(H,23,24)/b22-11+. The third-order valence-electron chi connectivity index (χ3n) is 4.11. The highest BCUT2D eigenvalue weighted by Crippen LogP contribution is 2.32. The summed E-state index contributed by atoms with van der Waals surface area (Å²) < 4.78 is 11.2. The average molecular weight is 435 g/mol. The van der Waals surface area contributed by atoms with Gasteiger partial charge in [-0.15, -0.1) is 0 Å². The van der Waals surface area contributed by atoms with Gasteiger partial charge in [-0.3, -0.25) is 4.79 Å². The van der Waals surface area contributed by atoms with Crippen LogP contribution in [0.25, 0.3) is 0 Å². The fraction of sp³-hybridized carbons (Fsp3) is 0.300. The minimum Gasteiger partial charge on any atom is -0.504 e. The van der Waals surface area contributed by atoms with Gasteiger partial charge in [0.25, 0.3) is 5.91 Å². The summed E-state index contributed by atoms with van der Waals surface area (Å²) in [5, 5.41) is 13.9. The number of phenolic OH excluding ortho intramolecular Hbond substituents is 1. The molecule has 6 nitrogen and oxygen atoms in total. The third-order valence-corrected chi connectivity index (χ3v) is 4.57. The zero-order chi connectivity index (χ0) is 19.8. The van der Waals surface area contributed by atoms with Crippen LogP contribution in [0.2, 0.25) is 0 Å². The highest BCUT2D eigenvalue weighted by Gasteiger charge is 2.09. The Morgan fingerprint density at radius 2 is 2.04 bits per heavy atom. The van der Waals surface area contributed by atoms with Gasteiger partial charge >= 0.3 is 0 Å². The first-order valence-corrected chi connectivity index (χ1v) is 9.35. The fourth-order valence-electron chi connectivity index (χ4n) is 2.33. The number of carbonyl (C=O) groups excluding carboxylic acids is 1. The van der Waals surface area contributed by atoms with Gasteiger partial charge in [0.1, 0.15) is 5.75 Å². The second-order valence-corrected chi connectivity index (χ2v) is 6.92. The van der Waals surface area contributed by atoms with Crippen LogP contribution in [0.15, 0.2) is 46.0 Å². The van der Waals surface area contributed by atoms with E-state index in [9.17, 15) is 9.90 Å². The molecule has 1 amide bonds. The minimum absolute atomic E-state index is 0.0589. The number of ether oxygens (including phenoxy) is 2. The summed E-state index contributed by atoms with van der Waals surface area (Å²) in [7, 11) is 1.46. The van der Waals surface area contributed by atoms with Crippen molar-refractivity contribution in [3.05, 3.63) is 52.0 Å². The highest BCUT2D eigenvalue weighted by molar-refractivity contribution is 9.10. The van der Waals surface area contributed by atoms with E-state index in [1.54, 1.807) is 12.1 Å². The maximum absolute atomic E-state index is 11.9. The lowest BCUT2D eigenvalue weighted by molar-refractivity contribution is -0.123. The van der Waals surface area contributed by atoms with E-state index in [1.807, 2.05) is 24.3 Å². The van der Waals surface area contributed by atoms with E-state index >= 15 is 0 Å². The van der Waals surface area contributed by atoms with Gasteiger partial charge in [0.2, 0.25) is 0 Å². The van der Waals surface area contributed by atoms with Crippen molar-refractivity contribution in [1.29, 1.82) is 0 Å². The molecule has 0 fully saturated rings. The molecule has 0 heterocycles. The highest BCUT2D eigenvalue weighted by atomic mass is 79.9. The van der Waals surface area contributed by atoms with Crippen molar-refractivity contribution in [2.24, 2.45) is 5.10 Å². The maximum Gasteiger partial charge on any atom is 0.277 e. The van der Waals surface area contributed by atoms with Gasteiger partial charge in [-0.1, -0.05) is 41.9 Å². The summed E-state index contributed by atoms with van der Waals surface area (Å²) in [6.07, 6.45) is 2.40. The van der Waals surface area contributed by atoms with Gasteiger partial charge in [0, 0.05) is 10.0 Å². The van der Waals surface area contributed by atoms with Crippen LogP contribution in [0.5, 0.6) is 17.2 Å². The number of benzene rings is 2.